The summed E-state index contributed by atoms with van der Waals surface area (Å²) in [7, 11) is 0. The highest BCUT2D eigenvalue weighted by atomic mass is 79.9. The molecule has 0 saturated heterocycles. The van der Waals surface area contributed by atoms with Gasteiger partial charge in [-0.15, -0.1) is 0 Å². The summed E-state index contributed by atoms with van der Waals surface area (Å²) in [6.45, 7) is 3.59. The number of carbonyl (C=O) groups is 2. The van der Waals surface area contributed by atoms with Crippen molar-refractivity contribution in [2.24, 2.45) is 0 Å². The molecule has 1 rings (SSSR count). The van der Waals surface area contributed by atoms with Gasteiger partial charge in [-0.25, -0.2) is 0 Å². The van der Waals surface area contributed by atoms with E-state index in [1.807, 2.05) is 19.1 Å². The summed E-state index contributed by atoms with van der Waals surface area (Å²) in [5.74, 6) is -0.343. The Morgan fingerprint density at radius 1 is 1.26 bits per heavy atom. The van der Waals surface area contributed by atoms with Crippen LogP contribution < -0.4 is 10.9 Å². The third kappa shape index (κ3) is 7.03. The van der Waals surface area contributed by atoms with E-state index in [-0.39, 0.29) is 11.5 Å². The molecule has 23 heavy (non-hydrogen) atoms. The highest BCUT2D eigenvalue weighted by molar-refractivity contribution is 9.10. The first-order valence-corrected chi connectivity index (χ1v) is 8.06. The van der Waals surface area contributed by atoms with Crippen LogP contribution in [-0.2, 0) is 4.79 Å². The maximum atomic E-state index is 12.0. The lowest BCUT2D eigenvalue weighted by Gasteiger charge is -2.07. The Kier molecular flexibility index (Phi) is 8.09. The number of allylic oxidation sites excluding steroid dienone is 5. The molecule has 4 nitrogen and oxygen atoms in total. The summed E-state index contributed by atoms with van der Waals surface area (Å²) in [6, 6.07) is 5.37. The Balaban J connectivity index is 2.74. The largest absolute Gasteiger partial charge is 0.305 e. The molecule has 0 aliphatic heterocycles. The molecule has 7 heteroatoms. The lowest BCUT2D eigenvalue weighted by Crippen LogP contribution is -2.34. The van der Waals surface area contributed by atoms with Crippen molar-refractivity contribution >= 4 is 51.3 Å². The number of aryl methyl sites for hydroxylation is 1. The Bertz CT molecular complexity index is 693. The predicted molar refractivity (Wildman–Crippen MR) is 97.2 cm³/mol. The highest BCUT2D eigenvalue weighted by Crippen LogP contribution is 2.18. The van der Waals surface area contributed by atoms with Crippen LogP contribution in [0, 0.1) is 6.92 Å². The number of benzene rings is 1. The second-order valence-electron chi connectivity index (χ2n) is 4.60. The van der Waals surface area contributed by atoms with Crippen LogP contribution in [0.2, 0.25) is 0 Å². The maximum absolute atomic E-state index is 12.0. The second kappa shape index (κ2) is 9.55. The zero-order valence-corrected chi connectivity index (χ0v) is 15.6. The number of hydrogen-bond donors (Lipinski definition) is 2. The number of hydrogen-bond acceptors (Lipinski definition) is 3. The molecule has 0 aliphatic rings. The molecule has 2 N–H and O–H groups in total. The number of nitrogens with one attached hydrogen (secondary N) is 2. The average molecular weight is 418 g/mol. The summed E-state index contributed by atoms with van der Waals surface area (Å²) in [4.78, 5) is 23.0. The molecule has 0 spiro atoms. The van der Waals surface area contributed by atoms with E-state index in [0.717, 1.165) is 5.56 Å². The van der Waals surface area contributed by atoms with E-state index >= 15 is 0 Å². The van der Waals surface area contributed by atoms with Crippen molar-refractivity contribution < 1.29 is 9.59 Å². The van der Waals surface area contributed by atoms with Crippen molar-refractivity contribution in [3.8, 4) is 0 Å². The van der Waals surface area contributed by atoms with Gasteiger partial charge in [0.05, 0.1) is 5.56 Å². The predicted octanol–water partition coefficient (Wildman–Crippen LogP) is 4.34. The Morgan fingerprint density at radius 3 is 2.52 bits per heavy atom. The molecule has 1 aromatic carbocycles. The van der Waals surface area contributed by atoms with Crippen LogP contribution in [0.4, 0.5) is 0 Å². The van der Waals surface area contributed by atoms with Crippen LogP contribution in [0.25, 0.3) is 0 Å². The van der Waals surface area contributed by atoms with Crippen LogP contribution in [-0.4, -0.2) is 12.2 Å². The molecule has 0 saturated carbocycles. The zero-order chi connectivity index (χ0) is 17.4. The van der Waals surface area contributed by atoms with Crippen molar-refractivity contribution in [1.82, 2.24) is 10.9 Å². The van der Waals surface area contributed by atoms with Gasteiger partial charge in [-0.2, -0.15) is 0 Å². The first kappa shape index (κ1) is 19.5. The standard InChI is InChI=1S/C16H15BrCl2N2O2/c1-10-3-4-14(15(17)5-10)16(23)21-20-8-12(9-22)7-13(19)6-11(2)18/h3-9,20H,1-2H3,(H,21,23)/b11-6+,12-8+,13-7+. The van der Waals surface area contributed by atoms with Crippen molar-refractivity contribution in [2.45, 2.75) is 13.8 Å². The molecule has 0 heterocycles. The fraction of sp³-hybridized carbons (Fsp3) is 0.125. The van der Waals surface area contributed by atoms with Gasteiger partial charge in [0.15, 0.2) is 6.29 Å². The fourth-order valence-electron chi connectivity index (χ4n) is 1.56. The van der Waals surface area contributed by atoms with Gasteiger partial charge >= 0.3 is 0 Å². The number of aldehydes is 1. The minimum atomic E-state index is -0.343. The van der Waals surface area contributed by atoms with E-state index in [0.29, 0.717) is 26.4 Å². The van der Waals surface area contributed by atoms with Gasteiger partial charge in [0.25, 0.3) is 5.91 Å². The quantitative estimate of drug-likeness (QED) is 0.313. The van der Waals surface area contributed by atoms with Gasteiger partial charge in [-0.1, -0.05) is 29.3 Å². The number of hydrazine groups is 1. The molecule has 0 radical (unpaired) electrons. The molecule has 0 bridgehead atoms. The van der Waals surface area contributed by atoms with Gasteiger partial charge in [0.2, 0.25) is 0 Å². The van der Waals surface area contributed by atoms with E-state index in [2.05, 4.69) is 26.8 Å². The molecular formula is C16H15BrCl2N2O2. The van der Waals surface area contributed by atoms with E-state index in [1.165, 1.54) is 18.4 Å². The first-order chi connectivity index (χ1) is 10.8. The Hall–Kier alpha value is -1.56. The monoisotopic (exact) mass is 416 g/mol. The van der Waals surface area contributed by atoms with Crippen molar-refractivity contribution in [2.75, 3.05) is 0 Å². The molecule has 0 fully saturated rings. The Morgan fingerprint density at radius 2 is 1.96 bits per heavy atom. The van der Waals surface area contributed by atoms with E-state index < -0.39 is 0 Å². The smallest absolute Gasteiger partial charge is 0.270 e. The molecule has 1 amide bonds. The lowest BCUT2D eigenvalue weighted by molar-refractivity contribution is -0.104. The zero-order valence-electron chi connectivity index (χ0n) is 12.5. The number of halogens is 3. The molecule has 122 valence electrons. The third-order valence-corrected chi connectivity index (χ3v) is 3.55. The number of rotatable bonds is 6. The molecular weight excluding hydrogens is 403 g/mol. The second-order valence-corrected chi connectivity index (χ2v) is 6.49. The van der Waals surface area contributed by atoms with Gasteiger partial charge in [-0.3, -0.25) is 15.0 Å². The maximum Gasteiger partial charge on any atom is 0.270 e. The third-order valence-electron chi connectivity index (χ3n) is 2.57. The summed E-state index contributed by atoms with van der Waals surface area (Å²) >= 11 is 14.9. The minimum absolute atomic E-state index is 0.243. The summed E-state index contributed by atoms with van der Waals surface area (Å²) in [5.41, 5.74) is 6.78. The van der Waals surface area contributed by atoms with Gasteiger partial charge in [0, 0.05) is 26.3 Å². The van der Waals surface area contributed by atoms with E-state index in [9.17, 15) is 9.59 Å². The normalized spacial score (nSPS) is 12.8. The van der Waals surface area contributed by atoms with E-state index in [4.69, 9.17) is 23.2 Å². The SMILES string of the molecule is C\C(Cl)=C/C(Cl)=C\C(C=O)=C/NNC(=O)c1ccc(C)cc1Br. The minimum Gasteiger partial charge on any atom is -0.305 e. The van der Waals surface area contributed by atoms with Crippen LogP contribution in [0.3, 0.4) is 0 Å². The van der Waals surface area contributed by atoms with Crippen molar-refractivity contribution in [3.05, 3.63) is 67.8 Å². The number of amides is 1. The van der Waals surface area contributed by atoms with Crippen LogP contribution in [0.5, 0.6) is 0 Å². The van der Waals surface area contributed by atoms with Crippen molar-refractivity contribution in [1.29, 1.82) is 0 Å². The van der Waals surface area contributed by atoms with Gasteiger partial charge in [-0.05, 0) is 59.6 Å². The summed E-state index contributed by atoms with van der Waals surface area (Å²) < 4.78 is 0.682. The van der Waals surface area contributed by atoms with Crippen LogP contribution in [0.1, 0.15) is 22.8 Å². The van der Waals surface area contributed by atoms with Crippen LogP contribution >= 0.6 is 39.1 Å². The van der Waals surface area contributed by atoms with Crippen LogP contribution in [0.15, 0.2) is 56.7 Å². The molecule has 0 aliphatic carbocycles. The van der Waals surface area contributed by atoms with Crippen molar-refractivity contribution in [3.63, 3.8) is 0 Å². The van der Waals surface area contributed by atoms with Gasteiger partial charge < -0.3 is 5.43 Å². The average Bonchev–Trinajstić information content (AvgIpc) is 2.45. The first-order valence-electron chi connectivity index (χ1n) is 6.52. The fourth-order valence-corrected chi connectivity index (χ4v) is 2.69. The lowest BCUT2D eigenvalue weighted by atomic mass is 10.1. The number of carbonyl (C=O) groups excluding carboxylic acids is 2. The molecule has 0 aromatic heterocycles. The molecule has 1 aromatic rings. The molecule has 0 unspecified atom stereocenters. The summed E-state index contributed by atoms with van der Waals surface area (Å²) in [6.07, 6.45) is 4.84. The molecule has 0 atom stereocenters. The highest BCUT2D eigenvalue weighted by Gasteiger charge is 2.08. The topological polar surface area (TPSA) is 58.2 Å². The summed E-state index contributed by atoms with van der Waals surface area (Å²) in [5, 5.41) is 0.784. The van der Waals surface area contributed by atoms with Gasteiger partial charge in [0.1, 0.15) is 0 Å². The van der Waals surface area contributed by atoms with E-state index in [1.54, 1.807) is 13.0 Å². The Labute approximate surface area is 153 Å².